The van der Waals surface area contributed by atoms with Gasteiger partial charge in [0.2, 0.25) is 0 Å². The van der Waals surface area contributed by atoms with Gasteiger partial charge in [-0.15, -0.1) is 0 Å². The van der Waals surface area contributed by atoms with E-state index in [0.717, 1.165) is 5.32 Å². The molecule has 0 aliphatic heterocycles. The Kier molecular flexibility index (Phi) is 6.72. The van der Waals surface area contributed by atoms with Crippen molar-refractivity contribution in [3.63, 3.8) is 0 Å². The molecule has 0 radical (unpaired) electrons. The number of alkyl carbamates (subject to hydrolysis) is 1. The number of carboxylic acid groups (broad SMARTS) is 1. The zero-order valence-electron chi connectivity index (χ0n) is 12.5. The van der Waals surface area contributed by atoms with E-state index in [9.17, 15) is 9.59 Å². The Hall–Kier alpha value is -1.52. The summed E-state index contributed by atoms with van der Waals surface area (Å²) in [5.74, 6) is -1.04. The van der Waals surface area contributed by atoms with Crippen molar-refractivity contribution >= 4 is 31.5 Å². The standard InChI is InChI=1S/C15H21NO4Se/c1-15(2,3)20-14(19)16-12(13(17)18)9-10-21-11-7-5-4-6-8-11/h4-8,12H,9-10H2,1-3H3,(H,16,19)(H,17,18)/t12-/m0/s1. The molecule has 1 aromatic rings. The monoisotopic (exact) mass is 359 g/mol. The van der Waals surface area contributed by atoms with Gasteiger partial charge in [-0.05, 0) is 0 Å². The second-order valence-electron chi connectivity index (χ2n) is 5.49. The number of carbonyl (C=O) groups is 2. The van der Waals surface area contributed by atoms with Crippen molar-refractivity contribution in [3.8, 4) is 0 Å². The summed E-state index contributed by atoms with van der Waals surface area (Å²) in [5.41, 5.74) is -0.638. The molecule has 5 nitrogen and oxygen atoms in total. The summed E-state index contributed by atoms with van der Waals surface area (Å²) in [5, 5.41) is 12.3. The van der Waals surface area contributed by atoms with Crippen molar-refractivity contribution in [1.82, 2.24) is 5.32 Å². The average Bonchev–Trinajstić information content (AvgIpc) is 2.36. The minimum absolute atomic E-state index is 0.199. The van der Waals surface area contributed by atoms with Gasteiger partial charge in [-0.1, -0.05) is 0 Å². The van der Waals surface area contributed by atoms with E-state index in [1.54, 1.807) is 20.8 Å². The van der Waals surface area contributed by atoms with Crippen molar-refractivity contribution in [2.24, 2.45) is 0 Å². The predicted molar refractivity (Wildman–Crippen MR) is 82.0 cm³/mol. The summed E-state index contributed by atoms with van der Waals surface area (Å²) >= 11 is 0.199. The van der Waals surface area contributed by atoms with Crippen LogP contribution in [0.4, 0.5) is 4.79 Å². The van der Waals surface area contributed by atoms with Crippen LogP contribution in [0.15, 0.2) is 30.3 Å². The number of rotatable bonds is 6. The van der Waals surface area contributed by atoms with Crippen LogP contribution in [0.25, 0.3) is 0 Å². The van der Waals surface area contributed by atoms with Crippen molar-refractivity contribution in [2.45, 2.75) is 44.2 Å². The van der Waals surface area contributed by atoms with Gasteiger partial charge in [-0.25, -0.2) is 0 Å². The van der Waals surface area contributed by atoms with Gasteiger partial charge < -0.3 is 0 Å². The topological polar surface area (TPSA) is 75.6 Å². The van der Waals surface area contributed by atoms with E-state index < -0.39 is 23.7 Å². The number of carboxylic acids is 1. The third-order valence-electron chi connectivity index (χ3n) is 2.41. The van der Waals surface area contributed by atoms with Crippen molar-refractivity contribution in [1.29, 1.82) is 0 Å². The summed E-state index contributed by atoms with van der Waals surface area (Å²) in [4.78, 5) is 22.8. The average molecular weight is 358 g/mol. The maximum absolute atomic E-state index is 11.6. The Morgan fingerprint density at radius 2 is 1.90 bits per heavy atom. The van der Waals surface area contributed by atoms with E-state index in [1.165, 1.54) is 4.46 Å². The van der Waals surface area contributed by atoms with Crippen LogP contribution in [-0.4, -0.2) is 43.8 Å². The maximum atomic E-state index is 11.6. The Morgan fingerprint density at radius 1 is 1.29 bits per heavy atom. The summed E-state index contributed by atoms with van der Waals surface area (Å²) in [6.45, 7) is 5.21. The van der Waals surface area contributed by atoms with Gasteiger partial charge >= 0.3 is 131 Å². The number of carbonyl (C=O) groups excluding carboxylic acids is 1. The van der Waals surface area contributed by atoms with Crippen LogP contribution in [0.2, 0.25) is 5.32 Å². The van der Waals surface area contributed by atoms with Crippen LogP contribution >= 0.6 is 0 Å². The number of nitrogens with one attached hydrogen (secondary N) is 1. The number of amides is 1. The van der Waals surface area contributed by atoms with Crippen LogP contribution < -0.4 is 9.78 Å². The number of hydrogen-bond acceptors (Lipinski definition) is 3. The van der Waals surface area contributed by atoms with Crippen LogP contribution in [0, 0.1) is 0 Å². The molecule has 0 unspecified atom stereocenters. The summed E-state index contributed by atoms with van der Waals surface area (Å²) in [6, 6.07) is 9.01. The van der Waals surface area contributed by atoms with E-state index in [1.807, 2.05) is 30.3 Å². The molecule has 0 fully saturated rings. The first-order valence-corrected chi connectivity index (χ1v) is 8.75. The summed E-state index contributed by atoms with van der Waals surface area (Å²) < 4.78 is 6.29. The van der Waals surface area contributed by atoms with E-state index in [0.29, 0.717) is 6.42 Å². The van der Waals surface area contributed by atoms with Gasteiger partial charge in [0.1, 0.15) is 0 Å². The molecule has 2 N–H and O–H groups in total. The Labute approximate surface area is 131 Å². The first-order valence-electron chi connectivity index (χ1n) is 6.68. The van der Waals surface area contributed by atoms with Gasteiger partial charge in [-0.3, -0.25) is 0 Å². The molecule has 6 heteroatoms. The van der Waals surface area contributed by atoms with Crippen LogP contribution in [0.5, 0.6) is 0 Å². The third-order valence-corrected chi connectivity index (χ3v) is 4.60. The van der Waals surface area contributed by atoms with E-state index >= 15 is 0 Å². The molecule has 0 saturated carbocycles. The molecule has 0 spiro atoms. The molecule has 0 aliphatic carbocycles. The molecular formula is C15H21NO4Se. The normalized spacial score (nSPS) is 12.5. The molecule has 0 saturated heterocycles. The van der Waals surface area contributed by atoms with Crippen LogP contribution in [0.1, 0.15) is 27.2 Å². The minimum atomic E-state index is -1.04. The molecule has 1 aromatic carbocycles. The first-order chi connectivity index (χ1) is 9.78. The second-order valence-corrected chi connectivity index (χ2v) is 7.94. The first kappa shape index (κ1) is 17.5. The van der Waals surface area contributed by atoms with E-state index in [2.05, 4.69) is 5.32 Å². The van der Waals surface area contributed by atoms with Crippen LogP contribution in [-0.2, 0) is 9.53 Å². The predicted octanol–water partition coefficient (Wildman–Crippen LogP) is 1.80. The fraction of sp³-hybridized carbons (Fsp3) is 0.467. The molecule has 1 rings (SSSR count). The molecule has 0 aliphatic rings. The molecule has 116 valence electrons. The second kappa shape index (κ2) is 8.05. The Morgan fingerprint density at radius 3 is 2.43 bits per heavy atom. The summed E-state index contributed by atoms with van der Waals surface area (Å²) in [6.07, 6.45) is -0.300. The van der Waals surface area contributed by atoms with Gasteiger partial charge in [0.15, 0.2) is 0 Å². The fourth-order valence-corrected chi connectivity index (χ4v) is 3.49. The van der Waals surface area contributed by atoms with Crippen molar-refractivity contribution in [2.75, 3.05) is 0 Å². The zero-order chi connectivity index (χ0) is 15.9. The molecular weight excluding hydrogens is 337 g/mol. The van der Waals surface area contributed by atoms with Gasteiger partial charge in [-0.2, -0.15) is 0 Å². The molecule has 1 atom stereocenters. The molecule has 0 heterocycles. The molecule has 0 aromatic heterocycles. The Bertz CT molecular complexity index is 470. The van der Waals surface area contributed by atoms with Gasteiger partial charge in [0.25, 0.3) is 0 Å². The molecule has 1 amide bonds. The van der Waals surface area contributed by atoms with Gasteiger partial charge in [0.05, 0.1) is 0 Å². The number of hydrogen-bond donors (Lipinski definition) is 2. The molecule has 21 heavy (non-hydrogen) atoms. The number of ether oxygens (including phenoxy) is 1. The SMILES string of the molecule is CC(C)(C)OC(=O)N[C@@H](CC[Se]c1ccccc1)C(=O)O. The van der Waals surface area contributed by atoms with Crippen LogP contribution in [0.3, 0.4) is 0 Å². The third kappa shape index (κ3) is 7.73. The fourth-order valence-electron chi connectivity index (χ4n) is 1.52. The van der Waals surface area contributed by atoms with Crippen molar-refractivity contribution < 1.29 is 19.4 Å². The molecule has 0 bridgehead atoms. The number of benzene rings is 1. The van der Waals surface area contributed by atoms with Crippen molar-refractivity contribution in [3.05, 3.63) is 30.3 Å². The Balaban J connectivity index is 2.43. The summed E-state index contributed by atoms with van der Waals surface area (Å²) in [7, 11) is 0. The van der Waals surface area contributed by atoms with Gasteiger partial charge in [0, 0.05) is 0 Å². The number of aliphatic carboxylic acids is 1. The van der Waals surface area contributed by atoms with E-state index in [-0.39, 0.29) is 15.0 Å². The van der Waals surface area contributed by atoms with E-state index in [4.69, 9.17) is 9.84 Å². The zero-order valence-corrected chi connectivity index (χ0v) is 14.2. The quantitative estimate of drug-likeness (QED) is 0.761.